The first-order chi connectivity index (χ1) is 8.33. The number of hydrogen-bond donors (Lipinski definition) is 0. The summed E-state index contributed by atoms with van der Waals surface area (Å²) >= 11 is 1.70. The molecule has 0 spiro atoms. The van der Waals surface area contributed by atoms with Crippen LogP contribution in [-0.2, 0) is 19.4 Å². The number of aryl methyl sites for hydroxylation is 2. The fourth-order valence-electron chi connectivity index (χ4n) is 1.67. The van der Waals surface area contributed by atoms with Gasteiger partial charge < -0.3 is 4.74 Å². The van der Waals surface area contributed by atoms with Crippen LogP contribution in [0.5, 0.6) is 5.75 Å². The van der Waals surface area contributed by atoms with Crippen molar-refractivity contribution < 1.29 is 4.74 Å². The van der Waals surface area contributed by atoms with Crippen LogP contribution < -0.4 is 4.74 Å². The fourth-order valence-corrected chi connectivity index (χ4v) is 2.40. The highest BCUT2D eigenvalue weighted by molar-refractivity contribution is 7.09. The highest BCUT2D eigenvalue weighted by atomic mass is 32.1. The highest BCUT2D eigenvalue weighted by Crippen LogP contribution is 2.20. The zero-order valence-corrected chi connectivity index (χ0v) is 11.1. The molecule has 1 aromatic carbocycles. The first kappa shape index (κ1) is 12.1. The number of aromatic nitrogens is 1. The van der Waals surface area contributed by atoms with Crippen molar-refractivity contribution in [3.05, 3.63) is 45.9 Å². The Balaban J connectivity index is 2.01. The van der Waals surface area contributed by atoms with E-state index < -0.39 is 0 Å². The van der Waals surface area contributed by atoms with Gasteiger partial charge in [0.15, 0.2) is 0 Å². The average molecular weight is 247 g/mol. The molecule has 0 amide bonds. The minimum absolute atomic E-state index is 0.563. The van der Waals surface area contributed by atoms with Crippen molar-refractivity contribution in [2.75, 3.05) is 0 Å². The Morgan fingerprint density at radius 2 is 2.00 bits per heavy atom. The van der Waals surface area contributed by atoms with Gasteiger partial charge in [0, 0.05) is 5.38 Å². The summed E-state index contributed by atoms with van der Waals surface area (Å²) in [4.78, 5) is 4.49. The first-order valence-electron chi connectivity index (χ1n) is 5.97. The molecule has 0 bridgehead atoms. The van der Waals surface area contributed by atoms with Crippen LogP contribution in [0.15, 0.2) is 29.6 Å². The van der Waals surface area contributed by atoms with E-state index in [1.807, 2.05) is 18.2 Å². The van der Waals surface area contributed by atoms with E-state index in [1.165, 1.54) is 10.6 Å². The van der Waals surface area contributed by atoms with Gasteiger partial charge in [-0.2, -0.15) is 0 Å². The van der Waals surface area contributed by atoms with E-state index in [1.54, 1.807) is 11.3 Å². The van der Waals surface area contributed by atoms with Crippen molar-refractivity contribution in [3.8, 4) is 5.75 Å². The summed E-state index contributed by atoms with van der Waals surface area (Å²) in [5.41, 5.74) is 2.27. The zero-order valence-electron chi connectivity index (χ0n) is 10.3. The van der Waals surface area contributed by atoms with Gasteiger partial charge in [0.05, 0.1) is 10.7 Å². The SMILES string of the molecule is CCc1nc(COc2ccccc2CC)cs1. The number of thiazole rings is 1. The van der Waals surface area contributed by atoms with Crippen LogP contribution in [0, 0.1) is 0 Å². The van der Waals surface area contributed by atoms with Gasteiger partial charge in [-0.1, -0.05) is 32.0 Å². The molecule has 0 saturated carbocycles. The van der Waals surface area contributed by atoms with Crippen molar-refractivity contribution in [2.45, 2.75) is 33.3 Å². The summed E-state index contributed by atoms with van der Waals surface area (Å²) in [6, 6.07) is 8.18. The predicted molar refractivity (Wildman–Crippen MR) is 71.6 cm³/mol. The highest BCUT2D eigenvalue weighted by Gasteiger charge is 2.04. The summed E-state index contributed by atoms with van der Waals surface area (Å²) in [5.74, 6) is 0.973. The van der Waals surface area contributed by atoms with Crippen LogP contribution in [0.4, 0.5) is 0 Å². The van der Waals surface area contributed by atoms with Gasteiger partial charge in [-0.15, -0.1) is 11.3 Å². The molecule has 0 unspecified atom stereocenters. The maximum atomic E-state index is 5.82. The third-order valence-corrected chi connectivity index (χ3v) is 3.67. The summed E-state index contributed by atoms with van der Waals surface area (Å²) in [5, 5.41) is 3.25. The molecule has 0 aliphatic heterocycles. The minimum atomic E-state index is 0.563. The number of ether oxygens (including phenoxy) is 1. The predicted octanol–water partition coefficient (Wildman–Crippen LogP) is 3.85. The van der Waals surface area contributed by atoms with E-state index in [9.17, 15) is 0 Å². The Hall–Kier alpha value is -1.35. The van der Waals surface area contributed by atoms with Crippen molar-refractivity contribution in [1.29, 1.82) is 0 Å². The van der Waals surface area contributed by atoms with E-state index in [4.69, 9.17) is 4.74 Å². The molecule has 0 radical (unpaired) electrons. The van der Waals surface area contributed by atoms with Gasteiger partial charge in [0.25, 0.3) is 0 Å². The van der Waals surface area contributed by atoms with Crippen molar-refractivity contribution in [3.63, 3.8) is 0 Å². The minimum Gasteiger partial charge on any atom is -0.487 e. The van der Waals surface area contributed by atoms with Crippen LogP contribution in [0.2, 0.25) is 0 Å². The van der Waals surface area contributed by atoms with E-state index >= 15 is 0 Å². The second-order valence-corrected chi connectivity index (χ2v) is 4.78. The monoisotopic (exact) mass is 247 g/mol. The quantitative estimate of drug-likeness (QED) is 0.800. The Labute approximate surface area is 106 Å². The summed E-state index contributed by atoms with van der Waals surface area (Å²) in [6.07, 6.45) is 1.99. The van der Waals surface area contributed by atoms with E-state index in [-0.39, 0.29) is 0 Å². The van der Waals surface area contributed by atoms with Gasteiger partial charge >= 0.3 is 0 Å². The van der Waals surface area contributed by atoms with Gasteiger partial charge in [-0.25, -0.2) is 4.98 Å². The lowest BCUT2D eigenvalue weighted by molar-refractivity contribution is 0.299. The van der Waals surface area contributed by atoms with Crippen molar-refractivity contribution >= 4 is 11.3 Å². The van der Waals surface area contributed by atoms with E-state index in [0.29, 0.717) is 6.61 Å². The van der Waals surface area contributed by atoms with Crippen LogP contribution in [0.25, 0.3) is 0 Å². The maximum Gasteiger partial charge on any atom is 0.131 e. The maximum absolute atomic E-state index is 5.82. The van der Waals surface area contributed by atoms with Gasteiger partial charge in [0.2, 0.25) is 0 Å². The van der Waals surface area contributed by atoms with Crippen LogP contribution in [0.1, 0.15) is 30.1 Å². The molecule has 1 heterocycles. The number of hydrogen-bond acceptors (Lipinski definition) is 3. The standard InChI is InChI=1S/C14H17NOS/c1-3-11-7-5-6-8-13(11)16-9-12-10-17-14(4-2)15-12/h5-8,10H,3-4,9H2,1-2H3. The Bertz CT molecular complexity index is 479. The normalized spacial score (nSPS) is 10.5. The molecule has 0 fully saturated rings. The molecule has 2 nitrogen and oxygen atoms in total. The van der Waals surface area contributed by atoms with E-state index in [0.717, 1.165) is 24.3 Å². The van der Waals surface area contributed by atoms with Crippen molar-refractivity contribution in [1.82, 2.24) is 4.98 Å². The molecule has 0 aliphatic rings. The molecule has 90 valence electrons. The van der Waals surface area contributed by atoms with Gasteiger partial charge in [-0.3, -0.25) is 0 Å². The second-order valence-electron chi connectivity index (χ2n) is 3.84. The first-order valence-corrected chi connectivity index (χ1v) is 6.85. The molecule has 0 N–H and O–H groups in total. The largest absolute Gasteiger partial charge is 0.487 e. The number of rotatable bonds is 5. The summed E-state index contributed by atoms with van der Waals surface area (Å²) in [7, 11) is 0. The fraction of sp³-hybridized carbons (Fsp3) is 0.357. The lowest BCUT2D eigenvalue weighted by Gasteiger charge is -2.08. The third-order valence-electron chi connectivity index (χ3n) is 2.63. The molecule has 2 rings (SSSR count). The smallest absolute Gasteiger partial charge is 0.131 e. The van der Waals surface area contributed by atoms with Gasteiger partial charge in [-0.05, 0) is 24.5 Å². The van der Waals surface area contributed by atoms with Gasteiger partial charge in [0.1, 0.15) is 12.4 Å². The molecule has 17 heavy (non-hydrogen) atoms. The molecular formula is C14H17NOS. The topological polar surface area (TPSA) is 22.1 Å². The third kappa shape index (κ3) is 3.07. The molecular weight excluding hydrogens is 230 g/mol. The van der Waals surface area contributed by atoms with Crippen LogP contribution in [-0.4, -0.2) is 4.98 Å². The molecule has 0 saturated heterocycles. The lowest BCUT2D eigenvalue weighted by atomic mass is 10.1. The van der Waals surface area contributed by atoms with Crippen molar-refractivity contribution in [2.24, 2.45) is 0 Å². The molecule has 0 atom stereocenters. The van der Waals surface area contributed by atoms with E-state index in [2.05, 4.69) is 30.3 Å². The second kappa shape index (κ2) is 5.82. The lowest BCUT2D eigenvalue weighted by Crippen LogP contribution is -1.98. The Morgan fingerprint density at radius 1 is 1.18 bits per heavy atom. The van der Waals surface area contributed by atoms with Crippen LogP contribution in [0.3, 0.4) is 0 Å². The molecule has 3 heteroatoms. The zero-order chi connectivity index (χ0) is 12.1. The number of para-hydroxylation sites is 1. The Kier molecular flexibility index (Phi) is 4.15. The Morgan fingerprint density at radius 3 is 2.71 bits per heavy atom. The average Bonchev–Trinajstić information content (AvgIpc) is 2.84. The summed E-state index contributed by atoms with van der Waals surface area (Å²) in [6.45, 7) is 4.82. The molecule has 0 aliphatic carbocycles. The molecule has 1 aromatic heterocycles. The van der Waals surface area contributed by atoms with Crippen LogP contribution >= 0.6 is 11.3 Å². The number of benzene rings is 1. The summed E-state index contributed by atoms with van der Waals surface area (Å²) < 4.78 is 5.82. The molecule has 2 aromatic rings. The number of nitrogens with zero attached hydrogens (tertiary/aromatic N) is 1.